The Bertz CT molecular complexity index is 598. The number of hydrogen-bond acceptors (Lipinski definition) is 2. The van der Waals surface area contributed by atoms with Crippen molar-refractivity contribution in [2.24, 2.45) is 0 Å². The maximum absolute atomic E-state index is 12.8. The number of para-hydroxylation sites is 1. The monoisotopic (exact) mass is 286 g/mol. The highest BCUT2D eigenvalue weighted by molar-refractivity contribution is 6.07. The molecule has 0 N–H and O–H groups in total. The number of nitrogens with zero attached hydrogens (tertiary/aromatic N) is 2. The van der Waals surface area contributed by atoms with Crippen molar-refractivity contribution in [3.05, 3.63) is 29.8 Å². The van der Waals surface area contributed by atoms with Crippen LogP contribution in [-0.2, 0) is 15.0 Å². The summed E-state index contributed by atoms with van der Waals surface area (Å²) in [5.74, 6) is 0.257. The molecule has 2 atom stereocenters. The number of amides is 2. The Balaban J connectivity index is 1.94. The lowest BCUT2D eigenvalue weighted by molar-refractivity contribution is -0.131. The average molecular weight is 286 g/mol. The van der Waals surface area contributed by atoms with E-state index in [1.807, 2.05) is 43.1 Å². The lowest BCUT2D eigenvalue weighted by atomic mass is 9.77. The number of hydrogen-bond donors (Lipinski definition) is 0. The normalized spacial score (nSPS) is 28.1. The van der Waals surface area contributed by atoms with Gasteiger partial charge in [0.05, 0.1) is 5.41 Å². The third kappa shape index (κ3) is 2.04. The molecule has 1 saturated heterocycles. The summed E-state index contributed by atoms with van der Waals surface area (Å²) in [4.78, 5) is 28.2. The molecule has 112 valence electrons. The van der Waals surface area contributed by atoms with Gasteiger partial charge in [-0.1, -0.05) is 18.2 Å². The summed E-state index contributed by atoms with van der Waals surface area (Å²) in [5, 5.41) is 0. The number of carbonyl (C=O) groups excluding carboxylic acids is 2. The minimum atomic E-state index is -0.520. The molecule has 4 nitrogen and oxygen atoms in total. The number of anilines is 1. The first-order valence-electron chi connectivity index (χ1n) is 7.60. The third-order valence-electron chi connectivity index (χ3n) is 5.06. The molecule has 0 aliphatic carbocycles. The first-order valence-corrected chi connectivity index (χ1v) is 7.60. The first kappa shape index (κ1) is 14.1. The van der Waals surface area contributed by atoms with Crippen molar-refractivity contribution in [2.75, 3.05) is 18.5 Å². The van der Waals surface area contributed by atoms with Crippen LogP contribution in [0.4, 0.5) is 5.69 Å². The Kier molecular flexibility index (Phi) is 3.27. The number of rotatable bonds is 2. The molecular formula is C17H22N2O2. The van der Waals surface area contributed by atoms with E-state index in [4.69, 9.17) is 0 Å². The molecule has 2 aliphatic rings. The molecule has 0 radical (unpaired) electrons. The van der Waals surface area contributed by atoms with Crippen LogP contribution in [-0.4, -0.2) is 36.3 Å². The number of benzene rings is 1. The lowest BCUT2D eigenvalue weighted by Gasteiger charge is -2.31. The molecule has 0 saturated carbocycles. The van der Waals surface area contributed by atoms with E-state index in [0.717, 1.165) is 30.6 Å². The van der Waals surface area contributed by atoms with E-state index in [9.17, 15) is 9.59 Å². The molecule has 0 bridgehead atoms. The van der Waals surface area contributed by atoms with Crippen molar-refractivity contribution in [3.8, 4) is 0 Å². The highest BCUT2D eigenvalue weighted by Crippen LogP contribution is 2.45. The average Bonchev–Trinajstić information content (AvgIpc) is 2.99. The summed E-state index contributed by atoms with van der Waals surface area (Å²) >= 11 is 0. The van der Waals surface area contributed by atoms with Gasteiger partial charge in [-0.25, -0.2) is 0 Å². The molecule has 1 aromatic carbocycles. The second-order valence-corrected chi connectivity index (χ2v) is 6.43. The summed E-state index contributed by atoms with van der Waals surface area (Å²) in [6, 6.07) is 8.17. The zero-order valence-electron chi connectivity index (χ0n) is 12.9. The van der Waals surface area contributed by atoms with Crippen LogP contribution in [0.1, 0.15) is 38.7 Å². The van der Waals surface area contributed by atoms with E-state index in [-0.39, 0.29) is 17.9 Å². The maximum Gasteiger partial charge on any atom is 0.237 e. The van der Waals surface area contributed by atoms with Gasteiger partial charge in [-0.2, -0.15) is 0 Å². The van der Waals surface area contributed by atoms with Crippen molar-refractivity contribution in [2.45, 2.75) is 44.6 Å². The van der Waals surface area contributed by atoms with Crippen LogP contribution < -0.4 is 4.90 Å². The zero-order chi connectivity index (χ0) is 15.2. The van der Waals surface area contributed by atoms with Crippen LogP contribution >= 0.6 is 0 Å². The molecule has 4 heteroatoms. The summed E-state index contributed by atoms with van der Waals surface area (Å²) in [6.07, 6.45) is 2.74. The van der Waals surface area contributed by atoms with Gasteiger partial charge in [0.15, 0.2) is 0 Å². The summed E-state index contributed by atoms with van der Waals surface area (Å²) in [6.45, 7) is 4.47. The molecule has 0 aromatic heterocycles. The van der Waals surface area contributed by atoms with Crippen molar-refractivity contribution < 1.29 is 9.59 Å². The number of likely N-dealkylation sites (N-methyl/N-ethyl adjacent to an activating group) is 1. The molecule has 2 heterocycles. The second kappa shape index (κ2) is 4.86. The lowest BCUT2D eigenvalue weighted by Crippen LogP contribution is -2.43. The fraction of sp³-hybridized carbons (Fsp3) is 0.529. The quantitative estimate of drug-likeness (QED) is 0.837. The first-order chi connectivity index (χ1) is 9.95. The van der Waals surface area contributed by atoms with E-state index >= 15 is 0 Å². The van der Waals surface area contributed by atoms with Gasteiger partial charge in [-0.15, -0.1) is 0 Å². The highest BCUT2D eigenvalue weighted by atomic mass is 16.2. The number of fused-ring (bicyclic) bond motifs is 1. The van der Waals surface area contributed by atoms with Gasteiger partial charge in [0.25, 0.3) is 0 Å². The van der Waals surface area contributed by atoms with E-state index in [2.05, 4.69) is 0 Å². The van der Waals surface area contributed by atoms with Crippen molar-refractivity contribution >= 4 is 17.5 Å². The molecule has 2 unspecified atom stereocenters. The molecule has 21 heavy (non-hydrogen) atoms. The largest absolute Gasteiger partial charge is 0.340 e. The smallest absolute Gasteiger partial charge is 0.237 e. The van der Waals surface area contributed by atoms with Crippen molar-refractivity contribution in [1.29, 1.82) is 0 Å². The van der Waals surface area contributed by atoms with Crippen molar-refractivity contribution in [1.82, 2.24) is 4.90 Å². The number of likely N-dealkylation sites (tertiary alicyclic amines) is 1. The van der Waals surface area contributed by atoms with Gasteiger partial charge in [0.2, 0.25) is 11.8 Å². The Hall–Kier alpha value is -1.84. The van der Waals surface area contributed by atoms with Gasteiger partial charge >= 0.3 is 0 Å². The van der Waals surface area contributed by atoms with Crippen LogP contribution in [0.3, 0.4) is 0 Å². The predicted octanol–water partition coefficient (Wildman–Crippen LogP) is 2.32. The fourth-order valence-corrected chi connectivity index (χ4v) is 3.96. The molecular weight excluding hydrogens is 264 g/mol. The van der Waals surface area contributed by atoms with Crippen LogP contribution in [0.5, 0.6) is 0 Å². The van der Waals surface area contributed by atoms with Crippen LogP contribution in [0.25, 0.3) is 0 Å². The van der Waals surface area contributed by atoms with E-state index < -0.39 is 5.41 Å². The fourth-order valence-electron chi connectivity index (χ4n) is 3.96. The second-order valence-electron chi connectivity index (χ2n) is 6.43. The molecule has 2 aliphatic heterocycles. The summed E-state index contributed by atoms with van der Waals surface area (Å²) in [5.41, 5.74) is 1.57. The minimum Gasteiger partial charge on any atom is -0.340 e. The molecule has 2 amide bonds. The van der Waals surface area contributed by atoms with Crippen LogP contribution in [0, 0.1) is 0 Å². The molecule has 1 aromatic rings. The predicted molar refractivity (Wildman–Crippen MR) is 82.2 cm³/mol. The standard InChI is InChI=1S/C17H22N2O2/c1-12(20)19-10-6-7-13(19)11-17(2)14-8-4-5-9-15(14)18(3)16(17)21/h4-5,8-9,13H,6-7,10-11H2,1-3H3. The summed E-state index contributed by atoms with van der Waals surface area (Å²) in [7, 11) is 1.84. The third-order valence-corrected chi connectivity index (χ3v) is 5.06. The topological polar surface area (TPSA) is 40.6 Å². The Morgan fingerprint density at radius 3 is 2.81 bits per heavy atom. The SMILES string of the molecule is CC(=O)N1CCCC1CC1(C)C(=O)N(C)c2ccccc21. The van der Waals surface area contributed by atoms with Gasteiger partial charge in [0, 0.05) is 32.2 Å². The van der Waals surface area contributed by atoms with Crippen LogP contribution in [0.15, 0.2) is 24.3 Å². The molecule has 0 spiro atoms. The van der Waals surface area contributed by atoms with Crippen molar-refractivity contribution in [3.63, 3.8) is 0 Å². The Morgan fingerprint density at radius 1 is 1.38 bits per heavy atom. The zero-order valence-corrected chi connectivity index (χ0v) is 12.9. The summed E-state index contributed by atoms with van der Waals surface area (Å²) < 4.78 is 0. The molecule has 1 fully saturated rings. The highest BCUT2D eigenvalue weighted by Gasteiger charge is 2.48. The van der Waals surface area contributed by atoms with E-state index in [0.29, 0.717) is 6.42 Å². The van der Waals surface area contributed by atoms with Gasteiger partial charge in [-0.05, 0) is 37.8 Å². The van der Waals surface area contributed by atoms with Gasteiger partial charge in [0.1, 0.15) is 0 Å². The minimum absolute atomic E-state index is 0.119. The van der Waals surface area contributed by atoms with E-state index in [1.165, 1.54) is 0 Å². The van der Waals surface area contributed by atoms with E-state index in [1.54, 1.807) is 11.8 Å². The molecule has 3 rings (SSSR count). The maximum atomic E-state index is 12.8. The number of carbonyl (C=O) groups is 2. The van der Waals surface area contributed by atoms with Gasteiger partial charge in [-0.3, -0.25) is 9.59 Å². The van der Waals surface area contributed by atoms with Crippen LogP contribution in [0.2, 0.25) is 0 Å². The Morgan fingerprint density at radius 2 is 2.10 bits per heavy atom. The van der Waals surface area contributed by atoms with Gasteiger partial charge < -0.3 is 9.80 Å². The Labute approximate surface area is 125 Å².